The number of rotatable bonds is 6. The summed E-state index contributed by atoms with van der Waals surface area (Å²) in [5, 5.41) is 23.5. The van der Waals surface area contributed by atoms with Crippen LogP contribution in [0.5, 0.6) is 5.75 Å². The summed E-state index contributed by atoms with van der Waals surface area (Å²) in [7, 11) is 2.39. The fraction of sp³-hybridized carbons (Fsp3) is 0.0741. The molecule has 0 aliphatic carbocycles. The number of halogens is 1. The van der Waals surface area contributed by atoms with Crippen molar-refractivity contribution in [1.29, 1.82) is 0 Å². The van der Waals surface area contributed by atoms with E-state index >= 15 is 0 Å². The van der Waals surface area contributed by atoms with E-state index in [4.69, 9.17) is 21.1 Å². The smallest absolute Gasteiger partial charge is 0.337 e. The van der Waals surface area contributed by atoms with Gasteiger partial charge in [-0.05, 0) is 48.5 Å². The van der Waals surface area contributed by atoms with Gasteiger partial charge < -0.3 is 19.9 Å². The lowest BCUT2D eigenvalue weighted by Gasteiger charge is -2.12. The number of carbonyl (C=O) groups excluding carboxylic acids is 3. The molecule has 1 amide bonds. The molecule has 4 aromatic rings. The highest BCUT2D eigenvalue weighted by atomic mass is 35.5. The summed E-state index contributed by atoms with van der Waals surface area (Å²) in [5.74, 6) is -2.39. The highest BCUT2D eigenvalue weighted by Crippen LogP contribution is 2.37. The largest absolute Gasteiger partial charge is 0.506 e. The number of nitrogens with zero attached hydrogens (tertiary/aromatic N) is 2. The summed E-state index contributed by atoms with van der Waals surface area (Å²) < 4.78 is 9.46. The van der Waals surface area contributed by atoms with Gasteiger partial charge in [0, 0.05) is 21.5 Å². The van der Waals surface area contributed by atoms with Crippen molar-refractivity contribution in [2.75, 3.05) is 19.5 Å². The number of phenols is 1. The number of hydrogen-bond donors (Lipinski definition) is 2. The second kappa shape index (κ2) is 10.9. The normalized spacial score (nSPS) is 10.9. The summed E-state index contributed by atoms with van der Waals surface area (Å²) >= 11 is 5.92. The molecule has 9 nitrogen and oxygen atoms in total. The minimum Gasteiger partial charge on any atom is -0.506 e. The Bertz CT molecular complexity index is 1520. The topological polar surface area (TPSA) is 127 Å². The van der Waals surface area contributed by atoms with Gasteiger partial charge in [-0.25, -0.2) is 9.59 Å². The third-order valence-corrected chi connectivity index (χ3v) is 5.62. The Labute approximate surface area is 216 Å². The second-order valence-electron chi connectivity index (χ2n) is 7.75. The average molecular weight is 518 g/mol. The highest BCUT2D eigenvalue weighted by molar-refractivity contribution is 6.30. The average Bonchev–Trinajstić information content (AvgIpc) is 2.92. The van der Waals surface area contributed by atoms with Crippen LogP contribution >= 0.6 is 11.6 Å². The number of fused-ring (bicyclic) bond motifs is 1. The Morgan fingerprint density at radius 2 is 1.41 bits per heavy atom. The molecule has 0 bridgehead atoms. The quantitative estimate of drug-likeness (QED) is 0.224. The number of anilines is 1. The lowest BCUT2D eigenvalue weighted by Crippen LogP contribution is -2.14. The van der Waals surface area contributed by atoms with Crippen molar-refractivity contribution in [2.24, 2.45) is 10.2 Å². The molecule has 4 aromatic carbocycles. The number of hydrogen-bond acceptors (Lipinski definition) is 8. The zero-order chi connectivity index (χ0) is 26.5. The molecule has 0 aliphatic heterocycles. The van der Waals surface area contributed by atoms with Gasteiger partial charge in [0.25, 0.3) is 5.91 Å². The molecule has 0 unspecified atom stereocenters. The van der Waals surface area contributed by atoms with Crippen molar-refractivity contribution < 1.29 is 29.0 Å². The maximum atomic E-state index is 13.3. The number of azo groups is 1. The monoisotopic (exact) mass is 517 g/mol. The van der Waals surface area contributed by atoms with Crippen LogP contribution in [0.3, 0.4) is 0 Å². The molecule has 0 radical (unpaired) electrons. The summed E-state index contributed by atoms with van der Waals surface area (Å²) in [6.45, 7) is 0. The van der Waals surface area contributed by atoms with Crippen LogP contribution in [0.25, 0.3) is 10.8 Å². The number of ether oxygens (including phenoxy) is 2. The van der Waals surface area contributed by atoms with Crippen molar-refractivity contribution in [1.82, 2.24) is 0 Å². The van der Waals surface area contributed by atoms with Crippen LogP contribution in [0, 0.1) is 0 Å². The van der Waals surface area contributed by atoms with E-state index < -0.39 is 17.8 Å². The van der Waals surface area contributed by atoms with Gasteiger partial charge in [0.2, 0.25) is 0 Å². The maximum absolute atomic E-state index is 13.3. The number of nitrogens with one attached hydrogen (secondary N) is 1. The van der Waals surface area contributed by atoms with Crippen LogP contribution < -0.4 is 5.32 Å². The van der Waals surface area contributed by atoms with Gasteiger partial charge in [-0.2, -0.15) is 5.11 Å². The van der Waals surface area contributed by atoms with Gasteiger partial charge in [-0.15, -0.1) is 5.11 Å². The van der Waals surface area contributed by atoms with Crippen LogP contribution in [0.15, 0.2) is 83.0 Å². The van der Waals surface area contributed by atoms with E-state index in [9.17, 15) is 19.5 Å². The first kappa shape index (κ1) is 25.3. The van der Waals surface area contributed by atoms with Gasteiger partial charge >= 0.3 is 11.9 Å². The van der Waals surface area contributed by atoms with Crippen LogP contribution in [0.4, 0.5) is 17.1 Å². The second-order valence-corrected chi connectivity index (χ2v) is 8.19. The van der Waals surface area contributed by atoms with Crippen LogP contribution in [0.1, 0.15) is 31.1 Å². The molecule has 0 spiro atoms. The molecule has 0 heterocycles. The number of aromatic hydroxyl groups is 1. The maximum Gasteiger partial charge on any atom is 0.337 e. The fourth-order valence-corrected chi connectivity index (χ4v) is 3.71. The third kappa shape index (κ3) is 5.57. The van der Waals surface area contributed by atoms with Gasteiger partial charge in [0.15, 0.2) is 0 Å². The molecule has 0 atom stereocenters. The minimum absolute atomic E-state index is 0.0286. The van der Waals surface area contributed by atoms with E-state index in [1.807, 2.05) is 0 Å². The first-order chi connectivity index (χ1) is 17.8. The number of esters is 2. The molecule has 186 valence electrons. The number of benzene rings is 4. The zero-order valence-electron chi connectivity index (χ0n) is 19.7. The Morgan fingerprint density at radius 3 is 2.00 bits per heavy atom. The van der Waals surface area contributed by atoms with Crippen LogP contribution in [0.2, 0.25) is 5.02 Å². The van der Waals surface area contributed by atoms with E-state index in [1.54, 1.807) is 48.5 Å². The molecule has 4 rings (SSSR count). The number of carbonyl (C=O) groups is 3. The van der Waals surface area contributed by atoms with Crippen LogP contribution in [-0.4, -0.2) is 37.2 Å². The SMILES string of the molecule is COC(=O)c1cc(NC(=O)c2cc(N=Nc3ccc(Cl)cc3)c3ccccc3c2O)cc(C(=O)OC)c1. The van der Waals surface area contributed by atoms with E-state index in [-0.39, 0.29) is 28.1 Å². The van der Waals surface area contributed by atoms with E-state index in [1.165, 1.54) is 38.5 Å². The number of amides is 1. The van der Waals surface area contributed by atoms with E-state index in [0.29, 0.717) is 27.2 Å². The number of phenolic OH excluding ortho intramolecular Hbond substituents is 1. The molecule has 2 N–H and O–H groups in total. The Hall–Kier alpha value is -4.76. The molecule has 0 fully saturated rings. The summed E-state index contributed by atoms with van der Waals surface area (Å²) in [4.78, 5) is 37.4. The summed E-state index contributed by atoms with van der Waals surface area (Å²) in [6, 6.07) is 19.0. The fourth-order valence-electron chi connectivity index (χ4n) is 3.59. The standard InChI is InChI=1S/C27H20ClN3O6/c1-36-26(34)15-11-16(27(35)37-2)13-19(12-15)29-25(33)22-14-23(20-5-3-4-6-21(20)24(22)32)31-30-18-9-7-17(28)8-10-18/h3-14,32H,1-2H3,(H,29,33). The molecular weight excluding hydrogens is 498 g/mol. The Morgan fingerprint density at radius 1 is 0.811 bits per heavy atom. The van der Waals surface area contributed by atoms with Gasteiger partial charge in [0.05, 0.1) is 42.3 Å². The highest BCUT2D eigenvalue weighted by Gasteiger charge is 2.20. The van der Waals surface area contributed by atoms with Gasteiger partial charge in [-0.1, -0.05) is 35.9 Å². The van der Waals surface area contributed by atoms with E-state index in [0.717, 1.165) is 0 Å². The molecule has 0 saturated heterocycles. The Balaban J connectivity index is 1.75. The number of methoxy groups -OCH3 is 2. The van der Waals surface area contributed by atoms with Crippen molar-refractivity contribution in [3.8, 4) is 5.75 Å². The minimum atomic E-state index is -0.709. The van der Waals surface area contributed by atoms with Crippen molar-refractivity contribution in [3.05, 3.63) is 94.5 Å². The van der Waals surface area contributed by atoms with Gasteiger partial charge in [0.1, 0.15) is 5.75 Å². The predicted octanol–water partition coefficient (Wildman–Crippen LogP) is 6.44. The van der Waals surface area contributed by atoms with Crippen molar-refractivity contribution in [2.45, 2.75) is 0 Å². The molecule has 0 aromatic heterocycles. The predicted molar refractivity (Wildman–Crippen MR) is 138 cm³/mol. The Kier molecular flexibility index (Phi) is 7.45. The third-order valence-electron chi connectivity index (χ3n) is 5.37. The molecular formula is C27H20ClN3O6. The molecule has 0 saturated carbocycles. The molecule has 10 heteroatoms. The van der Waals surface area contributed by atoms with Crippen molar-refractivity contribution >= 4 is 57.3 Å². The lowest BCUT2D eigenvalue weighted by atomic mass is 10.0. The molecule has 0 aliphatic rings. The molecule has 37 heavy (non-hydrogen) atoms. The summed E-state index contributed by atoms with van der Waals surface area (Å²) in [5.41, 5.74) is 0.966. The van der Waals surface area contributed by atoms with Crippen molar-refractivity contribution in [3.63, 3.8) is 0 Å². The zero-order valence-corrected chi connectivity index (χ0v) is 20.4. The van der Waals surface area contributed by atoms with Crippen LogP contribution in [-0.2, 0) is 9.47 Å². The first-order valence-corrected chi connectivity index (χ1v) is 11.2. The van der Waals surface area contributed by atoms with E-state index in [2.05, 4.69) is 15.5 Å². The first-order valence-electron chi connectivity index (χ1n) is 10.9. The van der Waals surface area contributed by atoms with Gasteiger partial charge in [-0.3, -0.25) is 4.79 Å². The lowest BCUT2D eigenvalue weighted by molar-refractivity contribution is 0.0598. The summed E-state index contributed by atoms with van der Waals surface area (Å²) in [6.07, 6.45) is 0.